The number of hydrogen-bond acceptors (Lipinski definition) is 2. The summed E-state index contributed by atoms with van der Waals surface area (Å²) in [7, 11) is 0. The quantitative estimate of drug-likeness (QED) is 0.760. The van der Waals surface area contributed by atoms with Crippen LogP contribution in [0.5, 0.6) is 0 Å². The molecule has 15 heavy (non-hydrogen) atoms. The van der Waals surface area contributed by atoms with Crippen LogP contribution in [-0.4, -0.2) is 16.8 Å². The van der Waals surface area contributed by atoms with Gasteiger partial charge in [0.15, 0.2) is 5.56 Å². The van der Waals surface area contributed by atoms with Gasteiger partial charge in [0.25, 0.3) is 0 Å². The zero-order valence-corrected chi connectivity index (χ0v) is 9.24. The van der Waals surface area contributed by atoms with Crippen LogP contribution in [0, 0.1) is 0 Å². The van der Waals surface area contributed by atoms with E-state index in [2.05, 4.69) is 0 Å². The smallest absolute Gasteiger partial charge is 0.153 e. The summed E-state index contributed by atoms with van der Waals surface area (Å²) in [6.45, 7) is 0.204. The molecule has 0 amide bonds. The molecule has 1 aromatic carbocycles. The van der Waals surface area contributed by atoms with Crippen molar-refractivity contribution in [2.24, 2.45) is 0 Å². The summed E-state index contributed by atoms with van der Waals surface area (Å²) in [6.07, 6.45) is 3.16. The fraction of sp³-hybridized carbons (Fsp3) is 0.500. The van der Waals surface area contributed by atoms with E-state index in [1.165, 1.54) is 11.1 Å². The van der Waals surface area contributed by atoms with Crippen LogP contribution in [0.25, 0.3) is 0 Å². The number of fused-ring (bicyclic) bond motifs is 1. The van der Waals surface area contributed by atoms with E-state index in [0.717, 1.165) is 24.8 Å². The molecule has 0 fully saturated rings. The maximum absolute atomic E-state index is 9.26. The van der Waals surface area contributed by atoms with Crippen molar-refractivity contribution in [3.05, 3.63) is 34.9 Å². The third-order valence-corrected chi connectivity index (χ3v) is 3.35. The average Bonchev–Trinajstić information content (AvgIpc) is 2.27. The number of hydrogen-bond donors (Lipinski definition) is 2. The minimum absolute atomic E-state index is 0.204. The second-order valence-electron chi connectivity index (χ2n) is 4.07. The SMILES string of the molecule is OCC1CCCc2cc([C@@H](O)Cl)ccc21. The molecular weight excluding hydrogens is 212 g/mol. The van der Waals surface area contributed by atoms with E-state index >= 15 is 0 Å². The van der Waals surface area contributed by atoms with Gasteiger partial charge in [0, 0.05) is 12.5 Å². The van der Waals surface area contributed by atoms with Crippen molar-refractivity contribution in [1.29, 1.82) is 0 Å². The summed E-state index contributed by atoms with van der Waals surface area (Å²) < 4.78 is 0. The lowest BCUT2D eigenvalue weighted by molar-refractivity contribution is 0.252. The number of benzene rings is 1. The Morgan fingerprint density at radius 3 is 2.93 bits per heavy atom. The molecule has 0 heterocycles. The van der Waals surface area contributed by atoms with Crippen molar-refractivity contribution in [2.45, 2.75) is 30.7 Å². The van der Waals surface area contributed by atoms with Gasteiger partial charge in [-0.3, -0.25) is 0 Å². The van der Waals surface area contributed by atoms with E-state index < -0.39 is 5.56 Å². The Bertz CT molecular complexity index is 349. The Kier molecular flexibility index (Phi) is 3.29. The fourth-order valence-corrected chi connectivity index (χ4v) is 2.41. The number of rotatable bonds is 2. The van der Waals surface area contributed by atoms with Crippen LogP contribution in [-0.2, 0) is 6.42 Å². The molecule has 2 rings (SSSR count). The summed E-state index contributed by atoms with van der Waals surface area (Å²) in [6, 6.07) is 5.77. The topological polar surface area (TPSA) is 40.5 Å². The highest BCUT2D eigenvalue weighted by atomic mass is 35.5. The highest BCUT2D eigenvalue weighted by Crippen LogP contribution is 2.33. The molecule has 1 aromatic rings. The normalized spacial score (nSPS) is 22.2. The zero-order valence-electron chi connectivity index (χ0n) is 8.49. The van der Waals surface area contributed by atoms with Gasteiger partial charge in [0.2, 0.25) is 0 Å². The van der Waals surface area contributed by atoms with E-state index in [1.807, 2.05) is 18.2 Å². The van der Waals surface area contributed by atoms with Gasteiger partial charge in [-0.25, -0.2) is 0 Å². The molecule has 1 unspecified atom stereocenters. The molecule has 2 N–H and O–H groups in total. The van der Waals surface area contributed by atoms with Crippen molar-refractivity contribution in [2.75, 3.05) is 6.61 Å². The highest BCUT2D eigenvalue weighted by molar-refractivity contribution is 6.19. The average molecular weight is 227 g/mol. The Labute approximate surface area is 94.5 Å². The second kappa shape index (κ2) is 4.52. The molecule has 0 spiro atoms. The number of halogens is 1. The minimum atomic E-state index is -0.926. The monoisotopic (exact) mass is 226 g/mol. The molecule has 82 valence electrons. The number of aliphatic hydroxyl groups excluding tert-OH is 2. The van der Waals surface area contributed by atoms with Crippen LogP contribution in [0.15, 0.2) is 18.2 Å². The molecule has 0 saturated heterocycles. The van der Waals surface area contributed by atoms with E-state index in [-0.39, 0.29) is 12.5 Å². The summed E-state index contributed by atoms with van der Waals surface area (Å²) in [4.78, 5) is 0. The summed E-state index contributed by atoms with van der Waals surface area (Å²) >= 11 is 5.62. The lowest BCUT2D eigenvalue weighted by Gasteiger charge is -2.24. The predicted molar refractivity (Wildman–Crippen MR) is 60.0 cm³/mol. The predicted octanol–water partition coefficient (Wildman–Crippen LogP) is 2.33. The van der Waals surface area contributed by atoms with Gasteiger partial charge in [0.1, 0.15) is 0 Å². The number of aliphatic hydroxyl groups is 2. The van der Waals surface area contributed by atoms with E-state index in [4.69, 9.17) is 11.6 Å². The summed E-state index contributed by atoms with van der Waals surface area (Å²) in [5, 5.41) is 18.5. The third kappa shape index (κ3) is 2.17. The first-order valence-corrected chi connectivity index (χ1v) is 5.71. The Hall–Kier alpha value is -0.570. The molecule has 2 nitrogen and oxygen atoms in total. The van der Waals surface area contributed by atoms with Crippen LogP contribution < -0.4 is 0 Å². The lowest BCUT2D eigenvalue weighted by atomic mass is 9.82. The molecule has 0 aliphatic heterocycles. The van der Waals surface area contributed by atoms with Gasteiger partial charge in [-0.15, -0.1) is 0 Å². The van der Waals surface area contributed by atoms with Gasteiger partial charge >= 0.3 is 0 Å². The van der Waals surface area contributed by atoms with E-state index in [0.29, 0.717) is 0 Å². The van der Waals surface area contributed by atoms with Crippen LogP contribution in [0.2, 0.25) is 0 Å². The molecule has 1 aliphatic rings. The Morgan fingerprint density at radius 1 is 1.47 bits per heavy atom. The summed E-state index contributed by atoms with van der Waals surface area (Å²) in [5.41, 5.74) is 2.25. The van der Waals surface area contributed by atoms with Gasteiger partial charge in [-0.05, 0) is 36.0 Å². The standard InChI is InChI=1S/C12H15ClO2/c13-12(15)9-4-5-11-8(6-9)2-1-3-10(11)7-14/h4-6,10,12,14-15H,1-3,7H2/t10?,12-/m1/s1. The molecular formula is C12H15ClO2. The zero-order chi connectivity index (χ0) is 10.8. The Morgan fingerprint density at radius 2 is 2.27 bits per heavy atom. The van der Waals surface area contributed by atoms with Crippen molar-refractivity contribution < 1.29 is 10.2 Å². The molecule has 0 saturated carbocycles. The minimum Gasteiger partial charge on any atom is -0.396 e. The first kappa shape index (κ1) is 10.9. The van der Waals surface area contributed by atoms with Crippen LogP contribution in [0.4, 0.5) is 0 Å². The maximum Gasteiger partial charge on any atom is 0.153 e. The van der Waals surface area contributed by atoms with Gasteiger partial charge in [-0.2, -0.15) is 0 Å². The molecule has 3 heteroatoms. The van der Waals surface area contributed by atoms with Crippen LogP contribution >= 0.6 is 11.6 Å². The third-order valence-electron chi connectivity index (χ3n) is 3.10. The number of aryl methyl sites for hydroxylation is 1. The first-order chi connectivity index (χ1) is 7.22. The number of alkyl halides is 1. The molecule has 1 aliphatic carbocycles. The largest absolute Gasteiger partial charge is 0.396 e. The molecule has 0 aromatic heterocycles. The van der Waals surface area contributed by atoms with Crippen molar-refractivity contribution in [1.82, 2.24) is 0 Å². The second-order valence-corrected chi connectivity index (χ2v) is 4.48. The fourth-order valence-electron chi connectivity index (χ4n) is 2.27. The van der Waals surface area contributed by atoms with Gasteiger partial charge in [0.05, 0.1) is 0 Å². The lowest BCUT2D eigenvalue weighted by Crippen LogP contribution is -2.13. The van der Waals surface area contributed by atoms with Crippen molar-refractivity contribution in [3.8, 4) is 0 Å². The maximum atomic E-state index is 9.26. The van der Waals surface area contributed by atoms with Crippen LogP contribution in [0.1, 0.15) is 41.0 Å². The molecule has 0 bridgehead atoms. The van der Waals surface area contributed by atoms with Gasteiger partial charge in [-0.1, -0.05) is 29.8 Å². The highest BCUT2D eigenvalue weighted by Gasteiger charge is 2.20. The van der Waals surface area contributed by atoms with E-state index in [1.54, 1.807) is 0 Å². The van der Waals surface area contributed by atoms with Crippen LogP contribution in [0.3, 0.4) is 0 Å². The van der Waals surface area contributed by atoms with Gasteiger partial charge < -0.3 is 10.2 Å². The van der Waals surface area contributed by atoms with Crippen molar-refractivity contribution in [3.63, 3.8) is 0 Å². The van der Waals surface area contributed by atoms with E-state index in [9.17, 15) is 10.2 Å². The molecule has 0 radical (unpaired) electrons. The summed E-state index contributed by atoms with van der Waals surface area (Å²) in [5.74, 6) is 0.260. The molecule has 2 atom stereocenters. The van der Waals surface area contributed by atoms with Crippen molar-refractivity contribution >= 4 is 11.6 Å². The Balaban J connectivity index is 2.36. The first-order valence-electron chi connectivity index (χ1n) is 5.28.